The molecule has 16 nitrogen and oxygen atoms in total. The lowest BCUT2D eigenvalue weighted by molar-refractivity contribution is -0.145. The summed E-state index contributed by atoms with van der Waals surface area (Å²) < 4.78 is 39.8. The van der Waals surface area contributed by atoms with Crippen molar-refractivity contribution in [2.24, 2.45) is 0 Å². The molecule has 5 N–H and O–H groups in total. The van der Waals surface area contributed by atoms with Gasteiger partial charge >= 0.3 is 13.3 Å². The SMILES string of the molecule is O=C(/C=C/c1ccc(C(F)(F)P(=O)(O)O)cc1)N[C@H]1CN(C(=O)CCCCCC#Cc2cccc3c2CN(C2CCC(=O)NC2=O)C3=O)CC[C@H]2CC[C@@H](C(=O)Nc3ccc(-c4ccccc4)cc3)N2C1=O. The van der Waals surface area contributed by atoms with E-state index >= 15 is 0 Å². The third-order valence-electron chi connectivity index (χ3n) is 13.5. The quantitative estimate of drug-likeness (QED) is 0.0322. The number of benzene rings is 4. The average molecular weight is 1000 g/mol. The molecule has 0 saturated carbocycles. The number of nitrogens with one attached hydrogen (secondary N) is 3. The Labute approximate surface area is 414 Å². The molecule has 1 unspecified atom stereocenters. The Kier molecular flexibility index (Phi) is 15.6. The minimum absolute atomic E-state index is 0.155. The zero-order chi connectivity index (χ0) is 51.2. The van der Waals surface area contributed by atoms with Gasteiger partial charge in [0, 0.05) is 73.4 Å². The highest BCUT2D eigenvalue weighted by atomic mass is 31.2. The molecule has 374 valence electrons. The van der Waals surface area contributed by atoms with E-state index in [0.717, 1.165) is 47.0 Å². The monoisotopic (exact) mass is 1000 g/mol. The third kappa shape index (κ3) is 11.6. The van der Waals surface area contributed by atoms with Gasteiger partial charge in [0.2, 0.25) is 35.4 Å². The van der Waals surface area contributed by atoms with Gasteiger partial charge in [-0.3, -0.25) is 43.4 Å². The number of halogens is 2. The van der Waals surface area contributed by atoms with Crippen molar-refractivity contribution in [3.05, 3.63) is 131 Å². The maximum atomic E-state index is 14.6. The molecule has 72 heavy (non-hydrogen) atoms. The molecule has 8 rings (SSSR count). The molecular weight excluding hydrogens is 950 g/mol. The molecule has 0 radical (unpaired) electrons. The molecule has 3 saturated heterocycles. The molecule has 4 aliphatic rings. The van der Waals surface area contributed by atoms with E-state index in [1.165, 1.54) is 15.9 Å². The Morgan fingerprint density at radius 3 is 2.31 bits per heavy atom. The van der Waals surface area contributed by atoms with Crippen molar-refractivity contribution in [1.29, 1.82) is 0 Å². The lowest BCUT2D eigenvalue weighted by Crippen LogP contribution is -2.60. The first kappa shape index (κ1) is 51.0. The first-order valence-corrected chi connectivity index (χ1v) is 25.4. The molecule has 0 spiro atoms. The first-order valence-electron chi connectivity index (χ1n) is 23.8. The number of hydrogen-bond acceptors (Lipinski definition) is 8. The van der Waals surface area contributed by atoms with Crippen LogP contribution in [0.2, 0.25) is 0 Å². The van der Waals surface area contributed by atoms with E-state index in [1.54, 1.807) is 29.2 Å². The number of alkyl halides is 2. The summed E-state index contributed by atoms with van der Waals surface area (Å²) in [5.74, 6) is 3.29. The summed E-state index contributed by atoms with van der Waals surface area (Å²) in [5, 5.41) is 7.95. The Balaban J connectivity index is 0.898. The molecule has 0 aromatic heterocycles. The highest BCUT2D eigenvalue weighted by Gasteiger charge is 2.50. The van der Waals surface area contributed by atoms with Crippen molar-refractivity contribution < 1.29 is 56.7 Å². The second-order valence-corrected chi connectivity index (χ2v) is 19.9. The molecule has 4 heterocycles. The van der Waals surface area contributed by atoms with E-state index in [1.807, 2.05) is 48.5 Å². The minimum atomic E-state index is -5.80. The summed E-state index contributed by atoms with van der Waals surface area (Å²) in [4.78, 5) is 116. The first-order chi connectivity index (χ1) is 34.5. The van der Waals surface area contributed by atoms with E-state index in [4.69, 9.17) is 9.79 Å². The second kappa shape index (κ2) is 22.0. The standard InChI is InChI=1S/C53H53F2N6O10P/c54-53(55,72(69,70)71)38-21-16-34(17-22-38)18-28-46(62)57-43-33-59(31-30-40-25-26-45(61(40)52(43)68)50(66)56-39-23-19-36(20-24-39)35-10-6-4-7-11-35)48(64)15-8-3-1-2-5-12-37-13-9-14-41-42(37)32-60(51(41)67)44-27-29-47(63)58-49(44)65/h4,6-7,9-11,13-14,16-24,28,40,43-45H,1-3,8,15,25-27,29-33H2,(H,56,66)(H,57,62)(H,58,63,65)(H2,69,70,71)/b28-18+/t40-,43+,44?,45+/m1/s1. The molecule has 4 aromatic rings. The number of anilines is 1. The number of piperidine rings is 1. The molecule has 4 aromatic carbocycles. The van der Waals surface area contributed by atoms with Crippen LogP contribution in [0, 0.1) is 11.8 Å². The topological polar surface area (TPSA) is 223 Å². The van der Waals surface area contributed by atoms with E-state index in [-0.39, 0.29) is 62.2 Å². The zero-order valence-corrected chi connectivity index (χ0v) is 40.0. The number of carbonyl (C=O) groups is 7. The highest BCUT2D eigenvalue weighted by molar-refractivity contribution is 7.52. The van der Waals surface area contributed by atoms with Crippen molar-refractivity contribution in [1.82, 2.24) is 25.3 Å². The van der Waals surface area contributed by atoms with E-state index in [0.29, 0.717) is 61.8 Å². The summed E-state index contributed by atoms with van der Waals surface area (Å²) in [5.41, 5.74) is -0.692. The van der Waals surface area contributed by atoms with Crippen LogP contribution in [0.3, 0.4) is 0 Å². The van der Waals surface area contributed by atoms with Gasteiger partial charge < -0.3 is 35.1 Å². The maximum absolute atomic E-state index is 14.6. The van der Waals surface area contributed by atoms with Crippen LogP contribution in [-0.4, -0.2) is 103 Å². The largest absolute Gasteiger partial charge is 0.399 e. The molecule has 7 amide bonds. The molecule has 4 aliphatic heterocycles. The average Bonchev–Trinajstić information content (AvgIpc) is 3.94. The zero-order valence-electron chi connectivity index (χ0n) is 39.1. The summed E-state index contributed by atoms with van der Waals surface area (Å²) in [6.45, 7) is 0.285. The molecule has 3 fully saturated rings. The van der Waals surface area contributed by atoms with Gasteiger partial charge in [0.1, 0.15) is 18.1 Å². The van der Waals surface area contributed by atoms with Crippen LogP contribution in [0.1, 0.15) is 96.8 Å². The van der Waals surface area contributed by atoms with Gasteiger partial charge in [0.25, 0.3) is 5.91 Å². The van der Waals surface area contributed by atoms with Gasteiger partial charge in [-0.15, -0.1) is 0 Å². The van der Waals surface area contributed by atoms with Gasteiger partial charge in [-0.1, -0.05) is 91.1 Å². The summed E-state index contributed by atoms with van der Waals surface area (Å²) >= 11 is 0. The molecule has 0 aliphatic carbocycles. The van der Waals surface area contributed by atoms with Crippen LogP contribution in [0.5, 0.6) is 0 Å². The Hall–Kier alpha value is -7.32. The number of unbranched alkanes of at least 4 members (excludes halogenated alkanes) is 3. The fourth-order valence-corrected chi connectivity index (χ4v) is 10.1. The van der Waals surface area contributed by atoms with Crippen LogP contribution in [0.4, 0.5) is 14.5 Å². The van der Waals surface area contributed by atoms with Crippen LogP contribution in [0.25, 0.3) is 17.2 Å². The maximum Gasteiger partial charge on any atom is 0.399 e. The number of nitrogens with zero attached hydrogens (tertiary/aromatic N) is 3. The smallest absolute Gasteiger partial charge is 0.340 e. The van der Waals surface area contributed by atoms with Gasteiger partial charge in [-0.25, -0.2) is 0 Å². The van der Waals surface area contributed by atoms with Crippen LogP contribution >= 0.6 is 7.60 Å². The Morgan fingerprint density at radius 1 is 0.847 bits per heavy atom. The van der Waals surface area contributed by atoms with Gasteiger partial charge in [0.05, 0.1) is 0 Å². The van der Waals surface area contributed by atoms with Gasteiger partial charge in [-0.2, -0.15) is 8.78 Å². The van der Waals surface area contributed by atoms with E-state index in [9.17, 15) is 46.9 Å². The van der Waals surface area contributed by atoms with Gasteiger partial charge in [-0.05, 0) is 91.1 Å². The van der Waals surface area contributed by atoms with Crippen molar-refractivity contribution in [3.63, 3.8) is 0 Å². The molecule has 19 heteroatoms. The minimum Gasteiger partial charge on any atom is -0.340 e. The van der Waals surface area contributed by atoms with E-state index in [2.05, 4.69) is 27.8 Å². The number of carbonyl (C=O) groups excluding carboxylic acids is 7. The van der Waals surface area contributed by atoms with Crippen LogP contribution < -0.4 is 16.0 Å². The van der Waals surface area contributed by atoms with Gasteiger partial charge in [0.15, 0.2) is 0 Å². The van der Waals surface area contributed by atoms with Crippen LogP contribution in [-0.2, 0) is 45.5 Å². The summed E-state index contributed by atoms with van der Waals surface area (Å²) in [6.07, 6.45) is 6.52. The number of rotatable bonds is 14. The Bertz CT molecular complexity index is 2900. The number of fused-ring (bicyclic) bond motifs is 2. The van der Waals surface area contributed by atoms with Crippen molar-refractivity contribution >= 4 is 60.7 Å². The fraction of sp³-hybridized carbons (Fsp3) is 0.340. The number of imide groups is 1. The lowest BCUT2D eigenvalue weighted by atomic mass is 10.0. The predicted molar refractivity (Wildman–Crippen MR) is 261 cm³/mol. The summed E-state index contributed by atoms with van der Waals surface area (Å²) in [6, 6.07) is 23.1. The van der Waals surface area contributed by atoms with E-state index < -0.39 is 66.6 Å². The highest BCUT2D eigenvalue weighted by Crippen LogP contribution is 2.59. The lowest BCUT2D eigenvalue weighted by Gasteiger charge is -2.38. The predicted octanol–water partition coefficient (Wildman–Crippen LogP) is 6.07. The molecule has 4 atom stereocenters. The van der Waals surface area contributed by atoms with Crippen molar-refractivity contribution in [2.45, 2.75) is 101 Å². The number of amides is 7. The van der Waals surface area contributed by atoms with Crippen molar-refractivity contribution in [3.8, 4) is 23.0 Å². The normalized spacial score (nSPS) is 20.2. The molecule has 0 bridgehead atoms. The third-order valence-corrected chi connectivity index (χ3v) is 14.5. The second-order valence-electron chi connectivity index (χ2n) is 18.2. The van der Waals surface area contributed by atoms with Crippen molar-refractivity contribution in [2.75, 3.05) is 18.4 Å². The van der Waals surface area contributed by atoms with Crippen LogP contribution in [0.15, 0.2) is 103 Å². The number of hydrogen-bond donors (Lipinski definition) is 5. The summed E-state index contributed by atoms with van der Waals surface area (Å²) in [7, 11) is -5.80. The fourth-order valence-electron chi connectivity index (χ4n) is 9.61. The molecular formula is C53H53F2N6O10P. The Morgan fingerprint density at radius 2 is 1.58 bits per heavy atom.